The topological polar surface area (TPSA) is 101 Å². The van der Waals surface area contributed by atoms with E-state index in [9.17, 15) is 9.59 Å². The molecule has 0 radical (unpaired) electrons. The second kappa shape index (κ2) is 5.66. The summed E-state index contributed by atoms with van der Waals surface area (Å²) in [6.45, 7) is 3.79. The molecule has 0 fully saturated rings. The highest BCUT2D eigenvalue weighted by Crippen LogP contribution is 2.24. The molecule has 7 heteroatoms. The largest absolute Gasteiger partial charge is 0.301 e. The van der Waals surface area contributed by atoms with Crippen molar-refractivity contribution in [2.24, 2.45) is 11.8 Å². The lowest BCUT2D eigenvalue weighted by molar-refractivity contribution is -0.121. The van der Waals surface area contributed by atoms with E-state index in [0.717, 1.165) is 0 Å². The molecular formula is C9H14N4O2S. The summed E-state index contributed by atoms with van der Waals surface area (Å²) >= 11 is 1.18. The average molecular weight is 242 g/mol. The van der Waals surface area contributed by atoms with Crippen LogP contribution in [-0.4, -0.2) is 21.1 Å². The van der Waals surface area contributed by atoms with Gasteiger partial charge >= 0.3 is 0 Å². The summed E-state index contributed by atoms with van der Waals surface area (Å²) in [5.41, 5.74) is 1.86. The maximum absolute atomic E-state index is 11.5. The Morgan fingerprint density at radius 2 is 2.31 bits per heavy atom. The number of amides is 1. The van der Waals surface area contributed by atoms with E-state index in [2.05, 4.69) is 15.4 Å². The number of nitrogens with two attached hydrogens (primary N) is 1. The molecule has 0 saturated heterocycles. The van der Waals surface area contributed by atoms with Crippen LogP contribution in [-0.2, 0) is 4.79 Å². The molecule has 0 saturated carbocycles. The van der Waals surface area contributed by atoms with Gasteiger partial charge in [-0.3, -0.25) is 15.0 Å². The van der Waals surface area contributed by atoms with Crippen molar-refractivity contribution in [3.8, 4) is 0 Å². The SMILES string of the molecule is CC(C)C(Sc1nccc(=O)[nH]1)C(=O)NN. The van der Waals surface area contributed by atoms with Crippen molar-refractivity contribution in [3.05, 3.63) is 22.6 Å². The van der Waals surface area contributed by atoms with Gasteiger partial charge in [0.15, 0.2) is 5.16 Å². The summed E-state index contributed by atoms with van der Waals surface area (Å²) in [6, 6.07) is 1.32. The van der Waals surface area contributed by atoms with Crippen LogP contribution in [0.25, 0.3) is 0 Å². The number of aromatic amines is 1. The number of carbonyl (C=O) groups is 1. The summed E-state index contributed by atoms with van der Waals surface area (Å²) in [7, 11) is 0. The van der Waals surface area contributed by atoms with Crippen molar-refractivity contribution >= 4 is 17.7 Å². The number of hydrazine groups is 1. The maximum atomic E-state index is 11.5. The van der Waals surface area contributed by atoms with E-state index in [4.69, 9.17) is 5.84 Å². The Labute approximate surface area is 97.0 Å². The first-order valence-electron chi connectivity index (χ1n) is 4.77. The van der Waals surface area contributed by atoms with Crippen LogP contribution in [0.3, 0.4) is 0 Å². The minimum Gasteiger partial charge on any atom is -0.301 e. The van der Waals surface area contributed by atoms with Gasteiger partial charge < -0.3 is 4.98 Å². The summed E-state index contributed by atoms with van der Waals surface area (Å²) in [6.07, 6.45) is 1.40. The summed E-state index contributed by atoms with van der Waals surface area (Å²) in [5, 5.41) is 0.0327. The van der Waals surface area contributed by atoms with E-state index >= 15 is 0 Å². The molecule has 0 aliphatic heterocycles. The van der Waals surface area contributed by atoms with Gasteiger partial charge in [-0.25, -0.2) is 10.8 Å². The van der Waals surface area contributed by atoms with E-state index in [0.29, 0.717) is 5.16 Å². The van der Waals surface area contributed by atoms with Gasteiger partial charge in [0.25, 0.3) is 5.56 Å². The molecule has 0 aromatic carbocycles. The van der Waals surface area contributed by atoms with Crippen molar-refractivity contribution in [2.75, 3.05) is 0 Å². The first kappa shape index (κ1) is 12.7. The molecule has 1 heterocycles. The summed E-state index contributed by atoms with van der Waals surface area (Å²) in [5.74, 6) is 4.89. The van der Waals surface area contributed by atoms with Crippen LogP contribution in [0, 0.1) is 5.92 Å². The van der Waals surface area contributed by atoms with E-state index in [1.54, 1.807) is 0 Å². The molecule has 4 N–H and O–H groups in total. The lowest BCUT2D eigenvalue weighted by Crippen LogP contribution is -2.40. The quantitative estimate of drug-likeness (QED) is 0.224. The van der Waals surface area contributed by atoms with Crippen LogP contribution < -0.4 is 16.8 Å². The maximum Gasteiger partial charge on any atom is 0.251 e. The monoisotopic (exact) mass is 242 g/mol. The second-order valence-corrected chi connectivity index (χ2v) is 4.66. The molecule has 1 aromatic rings. The van der Waals surface area contributed by atoms with Crippen LogP contribution >= 0.6 is 11.8 Å². The number of thioether (sulfide) groups is 1. The van der Waals surface area contributed by atoms with Crippen LogP contribution in [0.5, 0.6) is 0 Å². The fraction of sp³-hybridized carbons (Fsp3) is 0.444. The minimum absolute atomic E-state index is 0.0825. The zero-order chi connectivity index (χ0) is 12.1. The molecule has 0 spiro atoms. The Morgan fingerprint density at radius 3 is 2.81 bits per heavy atom. The standard InChI is InChI=1S/C9H14N4O2S/c1-5(2)7(8(15)13-10)16-9-11-4-3-6(14)12-9/h3-5,7H,10H2,1-2H3,(H,13,15)(H,11,12,14). The minimum atomic E-state index is -0.379. The summed E-state index contributed by atoms with van der Waals surface area (Å²) < 4.78 is 0. The van der Waals surface area contributed by atoms with Gasteiger partial charge in [0.05, 0.1) is 5.25 Å². The third-order valence-electron chi connectivity index (χ3n) is 1.89. The number of rotatable bonds is 4. The number of H-pyrrole nitrogens is 1. The van der Waals surface area contributed by atoms with Gasteiger partial charge in [-0.1, -0.05) is 25.6 Å². The van der Waals surface area contributed by atoms with E-state index < -0.39 is 0 Å². The highest BCUT2D eigenvalue weighted by molar-refractivity contribution is 8.00. The lowest BCUT2D eigenvalue weighted by atomic mass is 10.1. The highest BCUT2D eigenvalue weighted by Gasteiger charge is 2.23. The first-order chi connectivity index (χ1) is 7.54. The molecule has 1 rings (SSSR count). The Hall–Kier alpha value is -1.34. The first-order valence-corrected chi connectivity index (χ1v) is 5.65. The van der Waals surface area contributed by atoms with E-state index in [-0.39, 0.29) is 22.6 Å². The number of nitrogens with zero attached hydrogens (tertiary/aromatic N) is 1. The predicted molar refractivity (Wildman–Crippen MR) is 61.7 cm³/mol. The van der Waals surface area contributed by atoms with E-state index in [1.165, 1.54) is 24.0 Å². The summed E-state index contributed by atoms with van der Waals surface area (Å²) in [4.78, 5) is 29.0. The second-order valence-electron chi connectivity index (χ2n) is 3.53. The van der Waals surface area contributed by atoms with Gasteiger partial charge in [-0.2, -0.15) is 0 Å². The van der Waals surface area contributed by atoms with Crippen molar-refractivity contribution in [1.82, 2.24) is 15.4 Å². The lowest BCUT2D eigenvalue weighted by Gasteiger charge is -2.17. The Balaban J connectivity index is 2.84. The molecule has 6 nitrogen and oxygen atoms in total. The third kappa shape index (κ3) is 3.35. The zero-order valence-electron chi connectivity index (χ0n) is 9.06. The molecule has 1 atom stereocenters. The molecule has 1 amide bonds. The van der Waals surface area contributed by atoms with Crippen molar-refractivity contribution in [3.63, 3.8) is 0 Å². The van der Waals surface area contributed by atoms with Crippen LogP contribution in [0.2, 0.25) is 0 Å². The number of carbonyl (C=O) groups excluding carboxylic acids is 1. The van der Waals surface area contributed by atoms with E-state index in [1.807, 2.05) is 13.8 Å². The van der Waals surface area contributed by atoms with Gasteiger partial charge in [0.1, 0.15) is 0 Å². The Kier molecular flexibility index (Phi) is 4.51. The third-order valence-corrected chi connectivity index (χ3v) is 3.34. The Morgan fingerprint density at radius 1 is 1.62 bits per heavy atom. The molecular weight excluding hydrogens is 228 g/mol. The normalized spacial score (nSPS) is 12.5. The number of hydrogen-bond acceptors (Lipinski definition) is 5. The Bertz CT molecular complexity index is 418. The van der Waals surface area contributed by atoms with Crippen LogP contribution in [0.1, 0.15) is 13.8 Å². The molecule has 1 unspecified atom stereocenters. The molecule has 0 aliphatic carbocycles. The fourth-order valence-electron chi connectivity index (χ4n) is 1.11. The molecule has 0 bridgehead atoms. The zero-order valence-corrected chi connectivity index (χ0v) is 9.88. The van der Waals surface area contributed by atoms with Gasteiger partial charge in [-0.15, -0.1) is 0 Å². The molecule has 0 aliphatic rings. The van der Waals surface area contributed by atoms with Crippen molar-refractivity contribution in [1.29, 1.82) is 0 Å². The van der Waals surface area contributed by atoms with Crippen LogP contribution in [0.4, 0.5) is 0 Å². The van der Waals surface area contributed by atoms with Gasteiger partial charge in [0.2, 0.25) is 5.91 Å². The molecule has 88 valence electrons. The number of aromatic nitrogens is 2. The van der Waals surface area contributed by atoms with Crippen molar-refractivity contribution < 1.29 is 4.79 Å². The van der Waals surface area contributed by atoms with Crippen molar-refractivity contribution in [2.45, 2.75) is 24.3 Å². The number of nitrogens with one attached hydrogen (secondary N) is 2. The van der Waals surface area contributed by atoms with Gasteiger partial charge in [0, 0.05) is 12.3 Å². The predicted octanol–water partition coefficient (Wildman–Crippen LogP) is -0.124. The average Bonchev–Trinajstić information content (AvgIpc) is 2.24. The highest BCUT2D eigenvalue weighted by atomic mass is 32.2. The van der Waals surface area contributed by atoms with Crippen LogP contribution in [0.15, 0.2) is 22.2 Å². The molecule has 1 aromatic heterocycles. The number of hydrogen-bond donors (Lipinski definition) is 3. The van der Waals surface area contributed by atoms with Gasteiger partial charge in [-0.05, 0) is 5.92 Å². The smallest absolute Gasteiger partial charge is 0.251 e. The molecule has 16 heavy (non-hydrogen) atoms. The fourth-order valence-corrected chi connectivity index (χ4v) is 2.08.